The summed E-state index contributed by atoms with van der Waals surface area (Å²) in [6.07, 6.45) is -0.544. The third kappa shape index (κ3) is 10.2. The molecule has 2 rings (SSSR count). The number of aliphatic hydroxyl groups excluding tert-OH is 2. The van der Waals surface area contributed by atoms with E-state index >= 15 is 0 Å². The van der Waals surface area contributed by atoms with E-state index in [1.807, 2.05) is 27.7 Å². The highest BCUT2D eigenvalue weighted by atomic mass is 16.7. The predicted molar refractivity (Wildman–Crippen MR) is 161 cm³/mol. The second-order valence-corrected chi connectivity index (χ2v) is 10.5. The molecular formula is C33H44O10. The van der Waals surface area contributed by atoms with Crippen molar-refractivity contribution in [1.82, 2.24) is 0 Å². The van der Waals surface area contributed by atoms with Gasteiger partial charge in [0.1, 0.15) is 36.2 Å². The number of aliphatic hydroxyl groups is 2. The van der Waals surface area contributed by atoms with Gasteiger partial charge in [0, 0.05) is 39.8 Å². The van der Waals surface area contributed by atoms with E-state index in [2.05, 4.69) is 13.2 Å². The zero-order valence-electron chi connectivity index (χ0n) is 25.9. The predicted octanol–water partition coefficient (Wildman–Crippen LogP) is 5.22. The molecule has 43 heavy (non-hydrogen) atoms. The van der Waals surface area contributed by atoms with Crippen LogP contribution < -0.4 is 18.9 Å². The van der Waals surface area contributed by atoms with Crippen molar-refractivity contribution in [1.29, 1.82) is 0 Å². The lowest BCUT2D eigenvalue weighted by Gasteiger charge is -2.32. The van der Waals surface area contributed by atoms with Crippen LogP contribution in [0.25, 0.3) is 0 Å². The van der Waals surface area contributed by atoms with Gasteiger partial charge in [-0.25, -0.2) is 9.59 Å². The fourth-order valence-corrected chi connectivity index (χ4v) is 3.92. The van der Waals surface area contributed by atoms with Gasteiger partial charge in [-0.3, -0.25) is 0 Å². The smallest absolute Gasteiger partial charge is 0.338 e. The number of benzene rings is 2. The molecular weight excluding hydrogens is 556 g/mol. The Morgan fingerprint density at radius 2 is 1.12 bits per heavy atom. The summed E-state index contributed by atoms with van der Waals surface area (Å²) in [5, 5.41) is 19.9. The lowest BCUT2D eigenvalue weighted by molar-refractivity contribution is -0.131. The summed E-state index contributed by atoms with van der Waals surface area (Å²) in [6, 6.07) is 9.80. The highest BCUT2D eigenvalue weighted by molar-refractivity contribution is 5.89. The first-order valence-corrected chi connectivity index (χ1v) is 14.2. The molecule has 2 unspecified atom stereocenters. The molecule has 0 aliphatic heterocycles. The van der Waals surface area contributed by atoms with Gasteiger partial charge in [-0.2, -0.15) is 0 Å². The van der Waals surface area contributed by atoms with Crippen molar-refractivity contribution in [2.75, 3.05) is 26.4 Å². The Morgan fingerprint density at radius 1 is 0.744 bits per heavy atom. The molecule has 0 aromatic heterocycles. The highest BCUT2D eigenvalue weighted by Gasteiger charge is 2.33. The van der Waals surface area contributed by atoms with Crippen LogP contribution in [-0.4, -0.2) is 61.2 Å². The third-order valence-corrected chi connectivity index (χ3v) is 6.20. The van der Waals surface area contributed by atoms with Crippen LogP contribution in [0.15, 0.2) is 60.7 Å². The van der Waals surface area contributed by atoms with E-state index in [0.717, 1.165) is 0 Å². The monoisotopic (exact) mass is 600 g/mol. The normalized spacial score (nSPS) is 12.7. The maximum Gasteiger partial charge on any atom is 0.338 e. The van der Waals surface area contributed by atoms with Crippen molar-refractivity contribution in [3.63, 3.8) is 0 Å². The first kappa shape index (κ1) is 35.5. The largest absolute Gasteiger partial charge is 0.462 e. The lowest BCUT2D eigenvalue weighted by atomic mass is 9.77. The number of rotatable bonds is 18. The van der Waals surface area contributed by atoms with Gasteiger partial charge in [0.2, 0.25) is 12.6 Å². The van der Waals surface area contributed by atoms with E-state index < -0.39 is 43.1 Å². The maximum atomic E-state index is 12.2. The zero-order valence-corrected chi connectivity index (χ0v) is 25.9. The van der Waals surface area contributed by atoms with Crippen LogP contribution in [0.4, 0.5) is 0 Å². The molecule has 2 N–H and O–H groups in total. The molecule has 0 radical (unpaired) electrons. The van der Waals surface area contributed by atoms with Gasteiger partial charge in [-0.05, 0) is 38.8 Å². The van der Waals surface area contributed by atoms with Gasteiger partial charge in [0.05, 0.1) is 13.2 Å². The molecule has 10 heteroatoms. The van der Waals surface area contributed by atoms with E-state index in [1.54, 1.807) is 50.2 Å². The minimum absolute atomic E-state index is 0.210. The SMILES string of the molecule is C=C(C)C(=O)Oc1ccc(C(C)(C)c2ccc(OC(=O)C(=C)C)cc2OC(CO)OCCC)c(OC(CO)OCCC)c1. The number of esters is 2. The molecule has 10 nitrogen and oxygen atoms in total. The second-order valence-electron chi connectivity index (χ2n) is 10.5. The Balaban J connectivity index is 2.68. The van der Waals surface area contributed by atoms with Gasteiger partial charge >= 0.3 is 11.9 Å². The Morgan fingerprint density at radius 3 is 1.42 bits per heavy atom. The fourth-order valence-electron chi connectivity index (χ4n) is 3.92. The van der Waals surface area contributed by atoms with Gasteiger partial charge in [0.25, 0.3) is 0 Å². The zero-order chi connectivity index (χ0) is 32.2. The van der Waals surface area contributed by atoms with Crippen molar-refractivity contribution < 1.29 is 48.2 Å². The molecule has 0 fully saturated rings. The molecule has 2 aromatic rings. The van der Waals surface area contributed by atoms with Crippen molar-refractivity contribution in [2.45, 2.75) is 72.4 Å². The van der Waals surface area contributed by atoms with Crippen LogP contribution >= 0.6 is 0 Å². The van der Waals surface area contributed by atoms with E-state index in [1.165, 1.54) is 0 Å². The quantitative estimate of drug-likeness (QED) is 0.102. The van der Waals surface area contributed by atoms with E-state index in [4.69, 9.17) is 28.4 Å². The third-order valence-electron chi connectivity index (χ3n) is 6.20. The Labute approximate surface area is 253 Å². The summed E-state index contributed by atoms with van der Waals surface area (Å²) < 4.78 is 34.4. The average Bonchev–Trinajstić information content (AvgIpc) is 2.97. The highest BCUT2D eigenvalue weighted by Crippen LogP contribution is 2.44. The first-order chi connectivity index (χ1) is 20.4. The van der Waals surface area contributed by atoms with Crippen LogP contribution in [0.2, 0.25) is 0 Å². The molecule has 236 valence electrons. The second kappa shape index (κ2) is 16.8. The minimum atomic E-state index is -0.984. The number of hydrogen-bond acceptors (Lipinski definition) is 10. The Hall–Kier alpha value is -3.70. The van der Waals surface area contributed by atoms with Gasteiger partial charge in [-0.15, -0.1) is 0 Å². The summed E-state index contributed by atoms with van der Waals surface area (Å²) in [5.41, 5.74) is 0.850. The van der Waals surface area contributed by atoms with E-state index in [0.29, 0.717) is 37.2 Å². The number of hydrogen-bond donors (Lipinski definition) is 2. The Bertz CT molecular complexity index is 1170. The lowest BCUT2D eigenvalue weighted by Crippen LogP contribution is -2.29. The van der Waals surface area contributed by atoms with E-state index in [9.17, 15) is 19.8 Å². The molecule has 0 saturated carbocycles. The summed E-state index contributed by atoms with van der Waals surface area (Å²) >= 11 is 0. The molecule has 0 bridgehead atoms. The van der Waals surface area contributed by atoms with Crippen LogP contribution in [0.3, 0.4) is 0 Å². The molecule has 0 aliphatic rings. The van der Waals surface area contributed by atoms with Crippen molar-refractivity contribution >= 4 is 11.9 Å². The van der Waals surface area contributed by atoms with Crippen LogP contribution in [0.1, 0.15) is 65.5 Å². The van der Waals surface area contributed by atoms with Crippen molar-refractivity contribution in [2.24, 2.45) is 0 Å². The van der Waals surface area contributed by atoms with Gasteiger partial charge in [0.15, 0.2) is 0 Å². The molecule has 0 saturated heterocycles. The summed E-state index contributed by atoms with van der Waals surface area (Å²) in [6.45, 7) is 17.9. The van der Waals surface area contributed by atoms with Gasteiger partial charge in [-0.1, -0.05) is 53.0 Å². The maximum absolute atomic E-state index is 12.2. The number of carbonyl (C=O) groups excluding carboxylic acids is 2. The van der Waals surface area contributed by atoms with E-state index in [-0.39, 0.29) is 34.1 Å². The molecule has 0 spiro atoms. The summed E-state index contributed by atoms with van der Waals surface area (Å²) in [4.78, 5) is 24.5. The summed E-state index contributed by atoms with van der Waals surface area (Å²) in [7, 11) is 0. The molecule has 0 aliphatic carbocycles. The molecule has 0 amide bonds. The fraction of sp³-hybridized carbons (Fsp3) is 0.455. The van der Waals surface area contributed by atoms with Crippen molar-refractivity contribution in [3.8, 4) is 23.0 Å². The number of ether oxygens (including phenoxy) is 6. The van der Waals surface area contributed by atoms with Gasteiger partial charge < -0.3 is 38.6 Å². The first-order valence-electron chi connectivity index (χ1n) is 14.2. The molecule has 2 aromatic carbocycles. The minimum Gasteiger partial charge on any atom is -0.462 e. The van der Waals surface area contributed by atoms with Crippen molar-refractivity contribution in [3.05, 3.63) is 71.8 Å². The standard InChI is InChI=1S/C33H44O10/c1-9-15-38-29(19-34)42-27-17-23(40-31(36)21(3)4)11-13-25(27)33(7,8)26-14-12-24(41-32(37)22(5)6)18-28(26)43-30(20-35)39-16-10-2/h11-14,17-18,29-30,34-35H,3,5,9-10,15-16,19-20H2,1-2,4,6-8H3. The topological polar surface area (TPSA) is 130 Å². The van der Waals surface area contributed by atoms with Crippen LogP contribution in [-0.2, 0) is 24.5 Å². The molecule has 0 heterocycles. The summed E-state index contributed by atoms with van der Waals surface area (Å²) in [5.74, 6) is -0.204. The van der Waals surface area contributed by atoms with Crippen LogP contribution in [0, 0.1) is 0 Å². The Kier molecular flexibility index (Phi) is 13.9. The number of carbonyl (C=O) groups is 2. The molecule has 2 atom stereocenters. The average molecular weight is 601 g/mol. The van der Waals surface area contributed by atoms with Crippen LogP contribution in [0.5, 0.6) is 23.0 Å².